The first-order chi connectivity index (χ1) is 13.6. The zero-order valence-electron chi connectivity index (χ0n) is 15.8. The number of aromatic nitrogens is 1. The molecule has 1 amide bonds. The number of aromatic amines is 1. The summed E-state index contributed by atoms with van der Waals surface area (Å²) < 4.78 is 5.35. The predicted molar refractivity (Wildman–Crippen MR) is 104 cm³/mol. The highest BCUT2D eigenvalue weighted by molar-refractivity contribution is 5.94. The van der Waals surface area contributed by atoms with Crippen molar-refractivity contribution in [1.82, 2.24) is 9.88 Å². The molecule has 1 aliphatic heterocycles. The second-order valence-corrected chi connectivity index (χ2v) is 7.50. The van der Waals surface area contributed by atoms with Crippen LogP contribution in [0.4, 0.5) is 0 Å². The summed E-state index contributed by atoms with van der Waals surface area (Å²) in [6.45, 7) is 1.61. The molecule has 6 nitrogen and oxygen atoms in total. The maximum absolute atomic E-state index is 12.6. The topological polar surface area (TPSA) is 79.5 Å². The van der Waals surface area contributed by atoms with Crippen LogP contribution < -0.4 is 5.56 Å². The maximum atomic E-state index is 12.6. The number of benzene rings is 1. The number of ether oxygens (including phenoxy) is 1. The van der Waals surface area contributed by atoms with E-state index in [9.17, 15) is 14.4 Å². The summed E-state index contributed by atoms with van der Waals surface area (Å²) in [5.74, 6) is -0.619. The Kier molecular flexibility index (Phi) is 5.28. The number of H-pyrrole nitrogens is 1. The van der Waals surface area contributed by atoms with Gasteiger partial charge in [-0.3, -0.25) is 9.59 Å². The average Bonchev–Trinajstić information content (AvgIpc) is 3.19. The Hall–Kier alpha value is -2.89. The molecular weight excluding hydrogens is 356 g/mol. The van der Waals surface area contributed by atoms with E-state index in [1.54, 1.807) is 24.3 Å². The van der Waals surface area contributed by atoms with Crippen LogP contribution in [0.25, 0.3) is 0 Å². The van der Waals surface area contributed by atoms with Gasteiger partial charge in [-0.05, 0) is 67.9 Å². The Labute approximate surface area is 163 Å². The van der Waals surface area contributed by atoms with E-state index < -0.39 is 11.5 Å². The number of hydrogen-bond acceptors (Lipinski definition) is 4. The Morgan fingerprint density at radius 3 is 2.68 bits per heavy atom. The molecule has 0 unspecified atom stereocenters. The molecule has 2 aromatic rings. The minimum Gasteiger partial charge on any atom is -0.457 e. The summed E-state index contributed by atoms with van der Waals surface area (Å²) in [6.07, 6.45) is 5.95. The lowest BCUT2D eigenvalue weighted by atomic mass is 10.1. The molecule has 1 N–H and O–H groups in total. The summed E-state index contributed by atoms with van der Waals surface area (Å²) in [5, 5.41) is 0. The Balaban J connectivity index is 1.43. The lowest BCUT2D eigenvalue weighted by Gasteiger charge is -2.26. The van der Waals surface area contributed by atoms with Crippen LogP contribution in [0.5, 0.6) is 0 Å². The second kappa shape index (κ2) is 8.00. The fourth-order valence-electron chi connectivity index (χ4n) is 3.97. The highest BCUT2D eigenvalue weighted by Crippen LogP contribution is 2.19. The summed E-state index contributed by atoms with van der Waals surface area (Å²) in [6, 6.07) is 8.81. The molecule has 1 fully saturated rings. The van der Waals surface area contributed by atoms with Crippen LogP contribution in [0.15, 0.2) is 35.1 Å². The second-order valence-electron chi connectivity index (χ2n) is 7.50. The van der Waals surface area contributed by atoms with E-state index in [1.807, 2.05) is 11.0 Å². The fourth-order valence-corrected chi connectivity index (χ4v) is 3.97. The third-order valence-electron chi connectivity index (χ3n) is 5.50. The summed E-state index contributed by atoms with van der Waals surface area (Å²) in [4.78, 5) is 41.8. The highest BCUT2D eigenvalue weighted by atomic mass is 16.5. The highest BCUT2D eigenvalue weighted by Gasteiger charge is 2.20. The lowest BCUT2D eigenvalue weighted by molar-refractivity contribution is 0.0470. The SMILES string of the molecule is O=C(OCc1cccc(C(=O)N2CCCCC2)c1)c1cc2c([nH]c1=O)CCC2. The number of amides is 1. The number of nitrogens with one attached hydrogen (secondary N) is 1. The molecule has 28 heavy (non-hydrogen) atoms. The number of esters is 1. The van der Waals surface area contributed by atoms with Crippen LogP contribution in [0.2, 0.25) is 0 Å². The summed E-state index contributed by atoms with van der Waals surface area (Å²) >= 11 is 0. The number of aryl methyl sites for hydroxylation is 2. The van der Waals surface area contributed by atoms with Gasteiger partial charge >= 0.3 is 5.97 Å². The van der Waals surface area contributed by atoms with Crippen LogP contribution in [0.3, 0.4) is 0 Å². The van der Waals surface area contributed by atoms with E-state index in [0.29, 0.717) is 5.56 Å². The zero-order valence-corrected chi connectivity index (χ0v) is 15.8. The van der Waals surface area contributed by atoms with Crippen LogP contribution >= 0.6 is 0 Å². The summed E-state index contributed by atoms with van der Waals surface area (Å²) in [5.41, 5.74) is 2.91. The maximum Gasteiger partial charge on any atom is 0.344 e. The van der Waals surface area contributed by atoms with E-state index >= 15 is 0 Å². The molecule has 1 saturated heterocycles. The first kappa shape index (κ1) is 18.5. The quantitative estimate of drug-likeness (QED) is 0.827. The van der Waals surface area contributed by atoms with Crippen LogP contribution in [0.1, 0.15) is 63.2 Å². The first-order valence-electron chi connectivity index (χ1n) is 9.92. The van der Waals surface area contributed by atoms with E-state index in [2.05, 4.69) is 4.98 Å². The van der Waals surface area contributed by atoms with Gasteiger partial charge in [-0.15, -0.1) is 0 Å². The van der Waals surface area contributed by atoms with Crippen molar-refractivity contribution in [3.05, 3.63) is 68.6 Å². The third-order valence-corrected chi connectivity index (χ3v) is 5.50. The molecular formula is C22H24N2O4. The molecule has 2 heterocycles. The molecule has 0 saturated carbocycles. The smallest absolute Gasteiger partial charge is 0.344 e. The molecule has 0 radical (unpaired) electrons. The molecule has 0 atom stereocenters. The van der Waals surface area contributed by atoms with Gasteiger partial charge in [-0.25, -0.2) is 4.79 Å². The molecule has 1 aliphatic carbocycles. The number of rotatable bonds is 4. The minimum atomic E-state index is -0.635. The van der Waals surface area contributed by atoms with Crippen molar-refractivity contribution in [2.75, 3.05) is 13.1 Å². The fraction of sp³-hybridized carbons (Fsp3) is 0.409. The molecule has 146 valence electrons. The third kappa shape index (κ3) is 3.86. The Morgan fingerprint density at radius 2 is 1.86 bits per heavy atom. The zero-order chi connectivity index (χ0) is 19.5. The molecule has 4 rings (SSSR count). The van der Waals surface area contributed by atoms with Crippen LogP contribution in [-0.2, 0) is 24.2 Å². The molecule has 1 aromatic carbocycles. The van der Waals surface area contributed by atoms with Crippen molar-refractivity contribution in [2.45, 2.75) is 45.1 Å². The predicted octanol–water partition coefficient (Wildman–Crippen LogP) is 2.85. The largest absolute Gasteiger partial charge is 0.457 e. The molecule has 2 aliphatic rings. The monoisotopic (exact) mass is 380 g/mol. The van der Waals surface area contributed by atoms with Gasteiger partial charge in [-0.1, -0.05) is 12.1 Å². The molecule has 1 aromatic heterocycles. The van der Waals surface area contributed by atoms with E-state index in [4.69, 9.17) is 4.74 Å². The standard InChI is InChI=1S/C22H24N2O4/c25-20-18(13-16-7-5-9-19(16)23-20)22(27)28-14-15-6-4-8-17(12-15)21(26)24-10-2-1-3-11-24/h4,6,8,12-13H,1-3,5,7,9-11,14H2,(H,23,25). The number of fused-ring (bicyclic) bond motifs is 1. The van der Waals surface area contributed by atoms with Gasteiger partial charge in [0.1, 0.15) is 12.2 Å². The van der Waals surface area contributed by atoms with Crippen molar-refractivity contribution < 1.29 is 14.3 Å². The van der Waals surface area contributed by atoms with Gasteiger partial charge in [0.25, 0.3) is 11.5 Å². The van der Waals surface area contributed by atoms with E-state index in [-0.39, 0.29) is 18.1 Å². The van der Waals surface area contributed by atoms with Crippen molar-refractivity contribution in [1.29, 1.82) is 0 Å². The molecule has 0 spiro atoms. The number of pyridine rings is 1. The Bertz CT molecular complexity index is 957. The Morgan fingerprint density at radius 1 is 1.04 bits per heavy atom. The number of carbonyl (C=O) groups excluding carboxylic acids is 2. The van der Waals surface area contributed by atoms with E-state index in [0.717, 1.165) is 62.0 Å². The van der Waals surface area contributed by atoms with Gasteiger partial charge in [0.05, 0.1) is 0 Å². The van der Waals surface area contributed by atoms with Crippen molar-refractivity contribution >= 4 is 11.9 Å². The van der Waals surface area contributed by atoms with Gasteiger partial charge in [0.15, 0.2) is 0 Å². The average molecular weight is 380 g/mol. The number of hydrogen-bond donors (Lipinski definition) is 1. The number of likely N-dealkylation sites (tertiary alicyclic amines) is 1. The number of nitrogens with zero attached hydrogens (tertiary/aromatic N) is 1. The van der Waals surface area contributed by atoms with Gasteiger partial charge in [-0.2, -0.15) is 0 Å². The van der Waals surface area contributed by atoms with Crippen LogP contribution in [-0.4, -0.2) is 34.8 Å². The normalized spacial score (nSPS) is 15.9. The van der Waals surface area contributed by atoms with E-state index in [1.165, 1.54) is 6.42 Å². The first-order valence-corrected chi connectivity index (χ1v) is 9.92. The van der Waals surface area contributed by atoms with Gasteiger partial charge in [0.2, 0.25) is 0 Å². The minimum absolute atomic E-state index is 0.0166. The summed E-state index contributed by atoms with van der Waals surface area (Å²) in [7, 11) is 0. The van der Waals surface area contributed by atoms with Crippen molar-refractivity contribution in [2.24, 2.45) is 0 Å². The number of carbonyl (C=O) groups is 2. The molecule has 6 heteroatoms. The van der Waals surface area contributed by atoms with Crippen LogP contribution in [0, 0.1) is 0 Å². The number of piperidine rings is 1. The van der Waals surface area contributed by atoms with Gasteiger partial charge in [0, 0.05) is 24.3 Å². The van der Waals surface area contributed by atoms with Crippen molar-refractivity contribution in [3.8, 4) is 0 Å². The van der Waals surface area contributed by atoms with Crippen molar-refractivity contribution in [3.63, 3.8) is 0 Å². The lowest BCUT2D eigenvalue weighted by Crippen LogP contribution is -2.35. The molecule has 0 bridgehead atoms. The van der Waals surface area contributed by atoms with Gasteiger partial charge < -0.3 is 14.6 Å².